The summed E-state index contributed by atoms with van der Waals surface area (Å²) in [5.41, 5.74) is 5.16. The summed E-state index contributed by atoms with van der Waals surface area (Å²) < 4.78 is 31.7. The molecular formula is C13H19F2NO2. The molecule has 0 fully saturated rings. The molecule has 0 spiro atoms. The van der Waals surface area contributed by atoms with Crippen molar-refractivity contribution in [3.8, 4) is 0 Å². The van der Waals surface area contributed by atoms with Crippen molar-refractivity contribution in [2.45, 2.75) is 24.9 Å². The molecule has 0 radical (unpaired) electrons. The number of aliphatic hydroxyl groups is 1. The Labute approximate surface area is 106 Å². The number of aliphatic hydroxyl groups excluding tert-OH is 1. The van der Waals surface area contributed by atoms with Crippen LogP contribution < -0.4 is 5.73 Å². The summed E-state index contributed by atoms with van der Waals surface area (Å²) in [7, 11) is 1.54. The van der Waals surface area contributed by atoms with Crippen molar-refractivity contribution in [1.82, 2.24) is 0 Å². The summed E-state index contributed by atoms with van der Waals surface area (Å²) in [6.45, 7) is 1.61. The maximum absolute atomic E-state index is 13.3. The van der Waals surface area contributed by atoms with Crippen LogP contribution in [-0.4, -0.2) is 31.5 Å². The van der Waals surface area contributed by atoms with E-state index in [1.54, 1.807) is 0 Å². The maximum Gasteiger partial charge on any atom is 0.126 e. The zero-order chi connectivity index (χ0) is 13.8. The highest BCUT2D eigenvalue weighted by Crippen LogP contribution is 2.30. The Morgan fingerprint density at radius 2 is 1.89 bits per heavy atom. The second kappa shape index (κ2) is 6.22. The van der Waals surface area contributed by atoms with E-state index in [1.807, 2.05) is 6.92 Å². The summed E-state index contributed by atoms with van der Waals surface area (Å²) in [5, 5.41) is 9.58. The molecule has 1 aromatic rings. The van der Waals surface area contributed by atoms with Gasteiger partial charge >= 0.3 is 0 Å². The molecule has 18 heavy (non-hydrogen) atoms. The van der Waals surface area contributed by atoms with Gasteiger partial charge in [-0.25, -0.2) is 8.78 Å². The number of hydrogen-bond acceptors (Lipinski definition) is 3. The van der Waals surface area contributed by atoms with Gasteiger partial charge in [-0.05, 0) is 31.0 Å². The van der Waals surface area contributed by atoms with Crippen LogP contribution >= 0.6 is 0 Å². The molecule has 0 heterocycles. The molecule has 3 N–H and O–H groups in total. The van der Waals surface area contributed by atoms with E-state index < -0.39 is 17.0 Å². The zero-order valence-corrected chi connectivity index (χ0v) is 10.6. The first-order valence-corrected chi connectivity index (χ1v) is 5.77. The molecule has 102 valence electrons. The first kappa shape index (κ1) is 15.0. The Kier molecular flexibility index (Phi) is 5.19. The molecule has 0 aliphatic heterocycles. The fraction of sp³-hybridized carbons (Fsp3) is 0.538. The molecule has 2 unspecified atom stereocenters. The maximum atomic E-state index is 13.3. The monoisotopic (exact) mass is 259 g/mol. The average Bonchev–Trinajstić information content (AvgIpc) is 2.34. The minimum absolute atomic E-state index is 0.0834. The van der Waals surface area contributed by atoms with Crippen LogP contribution in [0.5, 0.6) is 0 Å². The van der Waals surface area contributed by atoms with E-state index in [2.05, 4.69) is 0 Å². The first-order chi connectivity index (χ1) is 8.47. The lowest BCUT2D eigenvalue weighted by Gasteiger charge is -2.33. The van der Waals surface area contributed by atoms with E-state index in [0.717, 1.165) is 6.07 Å². The SMILES string of the molecule is COC(C)CC(CN)(CO)c1cc(F)cc(F)c1. The Hall–Kier alpha value is -1.04. The topological polar surface area (TPSA) is 55.5 Å². The molecule has 0 saturated carbocycles. The quantitative estimate of drug-likeness (QED) is 0.815. The number of ether oxygens (including phenoxy) is 1. The van der Waals surface area contributed by atoms with E-state index in [0.29, 0.717) is 12.0 Å². The van der Waals surface area contributed by atoms with E-state index in [1.165, 1.54) is 19.2 Å². The van der Waals surface area contributed by atoms with Gasteiger partial charge < -0.3 is 15.6 Å². The van der Waals surface area contributed by atoms with Crippen LogP contribution in [0.15, 0.2) is 18.2 Å². The number of hydrogen-bond donors (Lipinski definition) is 2. The van der Waals surface area contributed by atoms with Crippen molar-refractivity contribution < 1.29 is 18.6 Å². The van der Waals surface area contributed by atoms with Crippen molar-refractivity contribution in [1.29, 1.82) is 0 Å². The second-order valence-electron chi connectivity index (χ2n) is 4.55. The van der Waals surface area contributed by atoms with Gasteiger partial charge in [-0.1, -0.05) is 0 Å². The Bertz CT molecular complexity index is 374. The van der Waals surface area contributed by atoms with Gasteiger partial charge in [0.15, 0.2) is 0 Å². The molecule has 0 amide bonds. The fourth-order valence-electron chi connectivity index (χ4n) is 2.03. The molecule has 0 aliphatic rings. The van der Waals surface area contributed by atoms with Crippen molar-refractivity contribution in [3.05, 3.63) is 35.4 Å². The lowest BCUT2D eigenvalue weighted by atomic mass is 9.76. The number of benzene rings is 1. The molecule has 2 atom stereocenters. The second-order valence-corrected chi connectivity index (χ2v) is 4.55. The van der Waals surface area contributed by atoms with Crippen molar-refractivity contribution in [2.24, 2.45) is 5.73 Å². The van der Waals surface area contributed by atoms with Crippen LogP contribution in [0.1, 0.15) is 18.9 Å². The van der Waals surface area contributed by atoms with Gasteiger partial charge in [0.25, 0.3) is 0 Å². The molecule has 0 saturated heterocycles. The van der Waals surface area contributed by atoms with E-state index in [-0.39, 0.29) is 19.3 Å². The van der Waals surface area contributed by atoms with Gasteiger partial charge in [0.2, 0.25) is 0 Å². The van der Waals surface area contributed by atoms with Gasteiger partial charge in [0.1, 0.15) is 11.6 Å². The van der Waals surface area contributed by atoms with E-state index >= 15 is 0 Å². The minimum atomic E-state index is -0.891. The Morgan fingerprint density at radius 1 is 1.33 bits per heavy atom. The summed E-state index contributed by atoms with van der Waals surface area (Å²) in [5.74, 6) is -1.36. The fourth-order valence-corrected chi connectivity index (χ4v) is 2.03. The molecule has 1 rings (SSSR count). The summed E-state index contributed by atoms with van der Waals surface area (Å²) >= 11 is 0. The van der Waals surface area contributed by atoms with Gasteiger partial charge in [0.05, 0.1) is 12.7 Å². The number of rotatable bonds is 6. The van der Waals surface area contributed by atoms with E-state index in [9.17, 15) is 13.9 Å². The summed E-state index contributed by atoms with van der Waals surface area (Å²) in [6.07, 6.45) is 0.214. The standard InChI is InChI=1S/C13H19F2NO2/c1-9(18-2)6-13(7-16,8-17)10-3-11(14)5-12(15)4-10/h3-5,9,17H,6-8,16H2,1-2H3. The van der Waals surface area contributed by atoms with Crippen molar-refractivity contribution in [2.75, 3.05) is 20.3 Å². The van der Waals surface area contributed by atoms with Crippen LogP contribution in [-0.2, 0) is 10.2 Å². The summed E-state index contributed by atoms with van der Waals surface area (Å²) in [6, 6.07) is 3.20. The predicted octanol–water partition coefficient (Wildman–Crippen LogP) is 1.58. The van der Waals surface area contributed by atoms with Gasteiger partial charge in [-0.3, -0.25) is 0 Å². The van der Waals surface area contributed by atoms with Crippen molar-refractivity contribution >= 4 is 0 Å². The van der Waals surface area contributed by atoms with Gasteiger partial charge in [0, 0.05) is 25.1 Å². The Morgan fingerprint density at radius 3 is 2.28 bits per heavy atom. The van der Waals surface area contributed by atoms with Crippen LogP contribution in [0.4, 0.5) is 8.78 Å². The largest absolute Gasteiger partial charge is 0.395 e. The zero-order valence-electron chi connectivity index (χ0n) is 10.6. The smallest absolute Gasteiger partial charge is 0.126 e. The highest BCUT2D eigenvalue weighted by atomic mass is 19.1. The molecule has 3 nitrogen and oxygen atoms in total. The molecule has 0 aromatic heterocycles. The van der Waals surface area contributed by atoms with Gasteiger partial charge in [-0.15, -0.1) is 0 Å². The molecule has 0 bridgehead atoms. The number of methoxy groups -OCH3 is 1. The number of nitrogens with two attached hydrogens (primary N) is 1. The number of halogens is 2. The summed E-state index contributed by atoms with van der Waals surface area (Å²) in [4.78, 5) is 0. The predicted molar refractivity (Wildman–Crippen MR) is 65.3 cm³/mol. The first-order valence-electron chi connectivity index (χ1n) is 5.77. The Balaban J connectivity index is 3.16. The minimum Gasteiger partial charge on any atom is -0.395 e. The van der Waals surface area contributed by atoms with Crippen LogP contribution in [0.25, 0.3) is 0 Å². The highest BCUT2D eigenvalue weighted by molar-refractivity contribution is 5.28. The average molecular weight is 259 g/mol. The molecule has 5 heteroatoms. The third kappa shape index (κ3) is 3.25. The molecule has 1 aromatic carbocycles. The third-order valence-corrected chi connectivity index (χ3v) is 3.25. The lowest BCUT2D eigenvalue weighted by molar-refractivity contribution is 0.0687. The molecule has 0 aliphatic carbocycles. The van der Waals surface area contributed by atoms with E-state index in [4.69, 9.17) is 10.5 Å². The normalized spacial score (nSPS) is 16.3. The van der Waals surface area contributed by atoms with Gasteiger partial charge in [-0.2, -0.15) is 0 Å². The van der Waals surface area contributed by atoms with Crippen molar-refractivity contribution in [3.63, 3.8) is 0 Å². The van der Waals surface area contributed by atoms with Crippen LogP contribution in [0.3, 0.4) is 0 Å². The van der Waals surface area contributed by atoms with Crippen LogP contribution in [0.2, 0.25) is 0 Å². The van der Waals surface area contributed by atoms with Crippen LogP contribution in [0, 0.1) is 11.6 Å². The highest BCUT2D eigenvalue weighted by Gasteiger charge is 2.33. The lowest BCUT2D eigenvalue weighted by Crippen LogP contribution is -2.41. The third-order valence-electron chi connectivity index (χ3n) is 3.25. The molecular weight excluding hydrogens is 240 g/mol.